The van der Waals surface area contributed by atoms with E-state index in [9.17, 15) is 9.18 Å². The maximum Gasteiger partial charge on any atom is 0.228 e. The lowest BCUT2D eigenvalue weighted by Gasteiger charge is -2.06. The largest absolute Gasteiger partial charge is 0.326 e. The smallest absolute Gasteiger partial charge is 0.228 e. The monoisotopic (exact) mass is 433 g/mol. The highest BCUT2D eigenvalue weighted by Gasteiger charge is 2.05. The Kier molecular flexibility index (Phi) is 4.93. The van der Waals surface area contributed by atoms with Crippen LogP contribution < -0.4 is 5.32 Å². The van der Waals surface area contributed by atoms with Gasteiger partial charge in [-0.2, -0.15) is 0 Å². The van der Waals surface area contributed by atoms with Crippen molar-refractivity contribution in [2.24, 2.45) is 0 Å². The number of amides is 1. The van der Waals surface area contributed by atoms with Gasteiger partial charge in [0, 0.05) is 13.7 Å². The molecule has 0 aliphatic carbocycles. The van der Waals surface area contributed by atoms with Crippen LogP contribution >= 0.6 is 38.5 Å². The minimum absolute atomic E-state index is 0.121. The fraction of sp³-hybridized carbons (Fsp3) is 0.0714. The first-order valence-electron chi connectivity index (χ1n) is 5.54. The molecule has 1 N–H and O–H groups in total. The summed E-state index contributed by atoms with van der Waals surface area (Å²) in [5.74, 6) is -0.420. The van der Waals surface area contributed by atoms with Crippen LogP contribution in [-0.4, -0.2) is 5.91 Å². The summed E-state index contributed by atoms with van der Waals surface area (Å²) >= 11 is 5.58. The van der Waals surface area contributed by atoms with Crippen LogP contribution in [0.3, 0.4) is 0 Å². The first kappa shape index (κ1) is 14.5. The number of hydrogen-bond donors (Lipinski definition) is 1. The molecule has 98 valence electrons. The van der Waals surface area contributed by atoms with Gasteiger partial charge in [-0.1, -0.05) is 12.1 Å². The van der Waals surface area contributed by atoms with E-state index in [2.05, 4.69) is 43.8 Å². The van der Waals surface area contributed by atoms with Gasteiger partial charge in [-0.25, -0.2) is 4.39 Å². The minimum atomic E-state index is -0.299. The van der Waals surface area contributed by atoms with E-state index in [0.29, 0.717) is 0 Å². The van der Waals surface area contributed by atoms with Gasteiger partial charge in [-0.3, -0.25) is 4.79 Å². The summed E-state index contributed by atoms with van der Waals surface area (Å²) < 4.78 is 14.8. The molecular weight excluding hydrogens is 424 g/mol. The second kappa shape index (κ2) is 6.47. The number of anilines is 1. The van der Waals surface area contributed by atoms with Crippen LogP contribution in [0, 0.1) is 9.39 Å². The summed E-state index contributed by atoms with van der Waals surface area (Å²) in [5, 5.41) is 2.81. The van der Waals surface area contributed by atoms with E-state index < -0.39 is 0 Å². The van der Waals surface area contributed by atoms with E-state index in [4.69, 9.17) is 0 Å². The maximum absolute atomic E-state index is 12.7. The van der Waals surface area contributed by atoms with Crippen LogP contribution in [0.15, 0.2) is 46.9 Å². The molecule has 19 heavy (non-hydrogen) atoms. The highest BCUT2D eigenvalue weighted by Crippen LogP contribution is 2.22. The molecule has 0 aliphatic heterocycles. The standard InChI is InChI=1S/C14H10BrFINO/c15-12-6-5-11(8-13(12)17)18-14(19)7-9-1-3-10(16)4-2-9/h1-6,8H,7H2,(H,18,19). The average Bonchev–Trinajstić information content (AvgIpc) is 2.37. The molecule has 0 aliphatic rings. The Labute approximate surface area is 132 Å². The average molecular weight is 434 g/mol. The van der Waals surface area contributed by atoms with Gasteiger partial charge in [0.15, 0.2) is 0 Å². The van der Waals surface area contributed by atoms with Crippen molar-refractivity contribution in [2.45, 2.75) is 6.42 Å². The van der Waals surface area contributed by atoms with Crippen molar-refractivity contribution < 1.29 is 9.18 Å². The van der Waals surface area contributed by atoms with E-state index >= 15 is 0 Å². The molecule has 2 aromatic rings. The van der Waals surface area contributed by atoms with Crippen molar-refractivity contribution in [2.75, 3.05) is 5.32 Å². The van der Waals surface area contributed by atoms with Gasteiger partial charge in [-0.15, -0.1) is 0 Å². The SMILES string of the molecule is O=C(Cc1ccc(F)cc1)Nc1ccc(Br)c(I)c1. The lowest BCUT2D eigenvalue weighted by molar-refractivity contribution is -0.115. The van der Waals surface area contributed by atoms with Crippen molar-refractivity contribution in [3.63, 3.8) is 0 Å². The van der Waals surface area contributed by atoms with Gasteiger partial charge in [0.2, 0.25) is 5.91 Å². The first-order chi connectivity index (χ1) is 9.04. The highest BCUT2D eigenvalue weighted by atomic mass is 127. The zero-order chi connectivity index (χ0) is 13.8. The predicted octanol–water partition coefficient (Wildman–Crippen LogP) is 4.37. The van der Waals surface area contributed by atoms with E-state index in [-0.39, 0.29) is 18.1 Å². The molecule has 0 bridgehead atoms. The van der Waals surface area contributed by atoms with Crippen molar-refractivity contribution in [1.82, 2.24) is 0 Å². The molecule has 1 amide bonds. The Morgan fingerprint density at radius 2 is 1.89 bits per heavy atom. The van der Waals surface area contributed by atoms with Gasteiger partial charge < -0.3 is 5.32 Å². The number of halogens is 3. The number of benzene rings is 2. The van der Waals surface area contributed by atoms with Crippen LogP contribution in [0.4, 0.5) is 10.1 Å². The van der Waals surface area contributed by atoms with Gasteiger partial charge in [0.1, 0.15) is 5.82 Å². The predicted molar refractivity (Wildman–Crippen MR) is 85.6 cm³/mol. The third-order valence-electron chi connectivity index (χ3n) is 2.48. The molecular formula is C14H10BrFINO. The Morgan fingerprint density at radius 3 is 2.53 bits per heavy atom. The lowest BCUT2D eigenvalue weighted by Crippen LogP contribution is -2.14. The first-order valence-corrected chi connectivity index (χ1v) is 7.41. The van der Waals surface area contributed by atoms with Crippen molar-refractivity contribution in [3.05, 3.63) is 61.9 Å². The molecule has 0 fully saturated rings. The van der Waals surface area contributed by atoms with Crippen LogP contribution in [0.1, 0.15) is 5.56 Å². The third kappa shape index (κ3) is 4.28. The number of carbonyl (C=O) groups is 1. The maximum atomic E-state index is 12.7. The second-order valence-electron chi connectivity index (χ2n) is 3.98. The summed E-state index contributed by atoms with van der Waals surface area (Å²) in [4.78, 5) is 11.8. The van der Waals surface area contributed by atoms with Crippen LogP contribution in [-0.2, 0) is 11.2 Å². The molecule has 0 aromatic heterocycles. The molecule has 0 atom stereocenters. The van der Waals surface area contributed by atoms with E-state index in [0.717, 1.165) is 19.3 Å². The third-order valence-corrected chi connectivity index (χ3v) is 4.81. The van der Waals surface area contributed by atoms with E-state index in [1.54, 1.807) is 12.1 Å². The van der Waals surface area contributed by atoms with E-state index in [1.165, 1.54) is 12.1 Å². The molecule has 5 heteroatoms. The molecule has 0 heterocycles. The number of nitrogens with one attached hydrogen (secondary N) is 1. The zero-order valence-electron chi connectivity index (χ0n) is 9.79. The fourth-order valence-corrected chi connectivity index (χ4v) is 2.33. The van der Waals surface area contributed by atoms with Gasteiger partial charge in [0.05, 0.1) is 6.42 Å². The van der Waals surface area contributed by atoms with Gasteiger partial charge >= 0.3 is 0 Å². The van der Waals surface area contributed by atoms with Crippen molar-refractivity contribution >= 4 is 50.1 Å². The summed E-state index contributed by atoms with van der Waals surface area (Å²) in [5.41, 5.74) is 1.53. The molecule has 2 rings (SSSR count). The van der Waals surface area contributed by atoms with Crippen LogP contribution in [0.25, 0.3) is 0 Å². The molecule has 2 aromatic carbocycles. The van der Waals surface area contributed by atoms with E-state index in [1.807, 2.05) is 18.2 Å². The zero-order valence-corrected chi connectivity index (χ0v) is 13.5. The summed E-state index contributed by atoms with van der Waals surface area (Å²) in [7, 11) is 0. The summed E-state index contributed by atoms with van der Waals surface area (Å²) in [6.07, 6.45) is 0.229. The number of hydrogen-bond acceptors (Lipinski definition) is 1. The lowest BCUT2D eigenvalue weighted by atomic mass is 10.1. The Bertz CT molecular complexity index is 601. The Balaban J connectivity index is 2.01. The second-order valence-corrected chi connectivity index (χ2v) is 6.00. The minimum Gasteiger partial charge on any atom is -0.326 e. The van der Waals surface area contributed by atoms with Crippen LogP contribution in [0.2, 0.25) is 0 Å². The fourth-order valence-electron chi connectivity index (χ4n) is 1.57. The Morgan fingerprint density at radius 1 is 1.21 bits per heavy atom. The van der Waals surface area contributed by atoms with Gasteiger partial charge in [-0.05, 0) is 74.4 Å². The highest BCUT2D eigenvalue weighted by molar-refractivity contribution is 14.1. The molecule has 0 spiro atoms. The summed E-state index contributed by atoms with van der Waals surface area (Å²) in [6, 6.07) is 11.5. The quantitative estimate of drug-likeness (QED) is 0.715. The normalized spacial score (nSPS) is 10.3. The van der Waals surface area contributed by atoms with Gasteiger partial charge in [0.25, 0.3) is 0 Å². The number of carbonyl (C=O) groups excluding carboxylic acids is 1. The summed E-state index contributed by atoms with van der Waals surface area (Å²) in [6.45, 7) is 0. The molecule has 0 radical (unpaired) electrons. The molecule has 0 saturated heterocycles. The molecule has 0 saturated carbocycles. The molecule has 2 nitrogen and oxygen atoms in total. The number of rotatable bonds is 3. The molecule has 0 unspecified atom stereocenters. The van der Waals surface area contributed by atoms with Crippen molar-refractivity contribution in [1.29, 1.82) is 0 Å². The van der Waals surface area contributed by atoms with Crippen LogP contribution in [0.5, 0.6) is 0 Å². The van der Waals surface area contributed by atoms with Crippen molar-refractivity contribution in [3.8, 4) is 0 Å². The topological polar surface area (TPSA) is 29.1 Å². The Hall–Kier alpha value is -0.950.